The van der Waals surface area contributed by atoms with Gasteiger partial charge in [0.25, 0.3) is 5.91 Å². The van der Waals surface area contributed by atoms with Crippen LogP contribution in [0.1, 0.15) is 27.9 Å². The number of rotatable bonds is 9. The van der Waals surface area contributed by atoms with Gasteiger partial charge in [-0.1, -0.05) is 60.7 Å². The van der Waals surface area contributed by atoms with E-state index in [1.54, 1.807) is 29.2 Å². The van der Waals surface area contributed by atoms with E-state index in [2.05, 4.69) is 10.6 Å². The first-order valence-corrected chi connectivity index (χ1v) is 12.8. The van der Waals surface area contributed by atoms with Gasteiger partial charge in [-0.05, 0) is 47.6 Å². The third kappa shape index (κ3) is 7.63. The maximum atomic E-state index is 12.8. The molecule has 196 valence electrons. The third-order valence-electron chi connectivity index (χ3n) is 6.03. The van der Waals surface area contributed by atoms with E-state index in [1.807, 2.05) is 60.7 Å². The standard InChI is InChI=1S/C29H29N3O5S/c33-26(37-20-22-9-5-2-6-10-22)19-25-28(35)30-16-17-32(25)29(38)31-27(34)23-11-13-24(14-12-23)36-18-15-21-7-3-1-4-8-21/h1-14,25H,15-20H2,(H,30,35)(H,31,34,38). The fourth-order valence-corrected chi connectivity index (χ4v) is 4.30. The Hall–Kier alpha value is -4.24. The number of hydrogen-bond acceptors (Lipinski definition) is 6. The van der Waals surface area contributed by atoms with Gasteiger partial charge in [0.2, 0.25) is 5.91 Å². The molecule has 2 N–H and O–H groups in total. The molecule has 1 heterocycles. The number of thiocarbonyl (C=S) groups is 1. The van der Waals surface area contributed by atoms with Crippen molar-refractivity contribution in [3.8, 4) is 5.75 Å². The Kier molecular flexibility index (Phi) is 9.42. The molecule has 8 nitrogen and oxygen atoms in total. The maximum absolute atomic E-state index is 12.8. The molecular weight excluding hydrogens is 502 g/mol. The summed E-state index contributed by atoms with van der Waals surface area (Å²) in [6.07, 6.45) is 0.589. The summed E-state index contributed by atoms with van der Waals surface area (Å²) in [4.78, 5) is 39.4. The van der Waals surface area contributed by atoms with Crippen LogP contribution in [0.3, 0.4) is 0 Å². The van der Waals surface area contributed by atoms with Crippen LogP contribution in [0.15, 0.2) is 84.9 Å². The second kappa shape index (κ2) is 13.3. The molecule has 38 heavy (non-hydrogen) atoms. The zero-order valence-electron chi connectivity index (χ0n) is 20.8. The lowest BCUT2D eigenvalue weighted by atomic mass is 10.1. The highest BCUT2D eigenvalue weighted by atomic mass is 32.1. The number of amides is 2. The van der Waals surface area contributed by atoms with Crippen molar-refractivity contribution in [2.75, 3.05) is 19.7 Å². The van der Waals surface area contributed by atoms with Gasteiger partial charge in [0.05, 0.1) is 13.0 Å². The number of piperazine rings is 1. The van der Waals surface area contributed by atoms with Gasteiger partial charge in [-0.3, -0.25) is 19.7 Å². The summed E-state index contributed by atoms with van der Waals surface area (Å²) in [5, 5.41) is 5.49. The van der Waals surface area contributed by atoms with Crippen LogP contribution in [0.25, 0.3) is 0 Å². The minimum absolute atomic E-state index is 0.0777. The lowest BCUT2D eigenvalue weighted by molar-refractivity contribution is -0.148. The predicted molar refractivity (Wildman–Crippen MR) is 147 cm³/mol. The van der Waals surface area contributed by atoms with Gasteiger partial charge in [0.1, 0.15) is 18.4 Å². The smallest absolute Gasteiger partial charge is 0.308 e. The number of ether oxygens (including phenoxy) is 2. The highest BCUT2D eigenvalue weighted by molar-refractivity contribution is 7.80. The van der Waals surface area contributed by atoms with Crippen molar-refractivity contribution in [2.24, 2.45) is 0 Å². The second-order valence-corrected chi connectivity index (χ2v) is 9.11. The highest BCUT2D eigenvalue weighted by Gasteiger charge is 2.34. The van der Waals surface area contributed by atoms with E-state index in [4.69, 9.17) is 21.7 Å². The molecule has 1 unspecified atom stereocenters. The molecule has 4 rings (SSSR count). The van der Waals surface area contributed by atoms with Crippen LogP contribution in [0.2, 0.25) is 0 Å². The SMILES string of the molecule is O=C(CC1C(=O)NCCN1C(=S)NC(=O)c1ccc(OCCc2ccccc2)cc1)OCc1ccccc1. The van der Waals surface area contributed by atoms with E-state index in [0.717, 1.165) is 12.0 Å². The van der Waals surface area contributed by atoms with Gasteiger partial charge in [-0.2, -0.15) is 0 Å². The van der Waals surface area contributed by atoms with Crippen LogP contribution in [0, 0.1) is 0 Å². The zero-order valence-corrected chi connectivity index (χ0v) is 21.6. The quantitative estimate of drug-likeness (QED) is 0.323. The molecule has 0 bridgehead atoms. The van der Waals surface area contributed by atoms with E-state index in [9.17, 15) is 14.4 Å². The van der Waals surface area contributed by atoms with Crippen LogP contribution in [-0.4, -0.2) is 53.5 Å². The molecule has 1 fully saturated rings. The normalized spacial score (nSPS) is 14.8. The molecule has 1 atom stereocenters. The van der Waals surface area contributed by atoms with Gasteiger partial charge in [0.15, 0.2) is 5.11 Å². The Balaban J connectivity index is 1.28. The van der Waals surface area contributed by atoms with Crippen molar-refractivity contribution in [3.63, 3.8) is 0 Å². The molecule has 0 radical (unpaired) electrons. The number of hydrogen-bond donors (Lipinski definition) is 2. The molecule has 0 aromatic heterocycles. The summed E-state index contributed by atoms with van der Waals surface area (Å²) in [6, 6.07) is 25.2. The minimum Gasteiger partial charge on any atom is -0.493 e. The third-order valence-corrected chi connectivity index (χ3v) is 6.37. The molecule has 0 saturated carbocycles. The van der Waals surface area contributed by atoms with E-state index >= 15 is 0 Å². The minimum atomic E-state index is -0.875. The fourth-order valence-electron chi connectivity index (χ4n) is 3.99. The largest absolute Gasteiger partial charge is 0.493 e. The topological polar surface area (TPSA) is 97.0 Å². The summed E-state index contributed by atoms with van der Waals surface area (Å²) in [7, 11) is 0. The first-order valence-electron chi connectivity index (χ1n) is 12.4. The highest BCUT2D eigenvalue weighted by Crippen LogP contribution is 2.15. The van der Waals surface area contributed by atoms with Crippen LogP contribution < -0.4 is 15.4 Å². The molecule has 2 amide bonds. The molecule has 1 saturated heterocycles. The molecule has 9 heteroatoms. The first kappa shape index (κ1) is 26.8. The summed E-state index contributed by atoms with van der Waals surface area (Å²) in [5.74, 6) is -0.636. The maximum Gasteiger partial charge on any atom is 0.308 e. The Morgan fingerprint density at radius 1 is 0.947 bits per heavy atom. The molecule has 0 aliphatic carbocycles. The predicted octanol–water partition coefficient (Wildman–Crippen LogP) is 3.26. The van der Waals surface area contributed by atoms with Crippen LogP contribution >= 0.6 is 12.2 Å². The van der Waals surface area contributed by atoms with E-state index in [1.165, 1.54) is 5.56 Å². The van der Waals surface area contributed by atoms with Gasteiger partial charge in [0, 0.05) is 25.1 Å². The number of nitrogens with one attached hydrogen (secondary N) is 2. The zero-order chi connectivity index (χ0) is 26.7. The van der Waals surface area contributed by atoms with Gasteiger partial charge >= 0.3 is 5.97 Å². The average molecular weight is 532 g/mol. The van der Waals surface area contributed by atoms with Crippen molar-refractivity contribution < 1.29 is 23.9 Å². The summed E-state index contributed by atoms with van der Waals surface area (Å²) < 4.78 is 11.1. The van der Waals surface area contributed by atoms with Gasteiger partial charge < -0.3 is 19.7 Å². The number of esters is 1. The molecule has 3 aromatic rings. The summed E-state index contributed by atoms with van der Waals surface area (Å²) in [5.41, 5.74) is 2.43. The Morgan fingerprint density at radius 2 is 1.61 bits per heavy atom. The van der Waals surface area contributed by atoms with Crippen molar-refractivity contribution in [3.05, 3.63) is 102 Å². The molecule has 0 spiro atoms. The lowest BCUT2D eigenvalue weighted by Gasteiger charge is -2.36. The van der Waals surface area contributed by atoms with E-state index < -0.39 is 17.9 Å². The molecular formula is C29H29N3O5S. The van der Waals surface area contributed by atoms with E-state index in [-0.39, 0.29) is 24.0 Å². The molecule has 1 aliphatic heterocycles. The monoisotopic (exact) mass is 531 g/mol. The number of carbonyl (C=O) groups is 3. The van der Waals surface area contributed by atoms with Gasteiger partial charge in [-0.15, -0.1) is 0 Å². The average Bonchev–Trinajstić information content (AvgIpc) is 2.94. The number of carbonyl (C=O) groups excluding carboxylic acids is 3. The Labute approximate surface area is 226 Å². The first-order chi connectivity index (χ1) is 18.5. The molecule has 1 aliphatic rings. The van der Waals surface area contributed by atoms with Crippen molar-refractivity contribution in [2.45, 2.75) is 25.5 Å². The Bertz CT molecular complexity index is 1250. The van der Waals surface area contributed by atoms with E-state index in [0.29, 0.717) is 31.0 Å². The van der Waals surface area contributed by atoms with Crippen molar-refractivity contribution in [1.82, 2.24) is 15.5 Å². The van der Waals surface area contributed by atoms with Crippen molar-refractivity contribution in [1.29, 1.82) is 0 Å². The Morgan fingerprint density at radius 3 is 2.29 bits per heavy atom. The number of benzene rings is 3. The van der Waals surface area contributed by atoms with Crippen molar-refractivity contribution >= 4 is 35.1 Å². The van der Waals surface area contributed by atoms with Crippen LogP contribution in [0.4, 0.5) is 0 Å². The second-order valence-electron chi connectivity index (χ2n) is 8.72. The summed E-state index contributed by atoms with van der Waals surface area (Å²) in [6.45, 7) is 1.34. The molecule has 3 aromatic carbocycles. The number of nitrogens with zero attached hydrogens (tertiary/aromatic N) is 1. The fraction of sp³-hybridized carbons (Fsp3) is 0.241. The van der Waals surface area contributed by atoms with Crippen LogP contribution in [0.5, 0.6) is 5.75 Å². The van der Waals surface area contributed by atoms with Crippen LogP contribution in [-0.2, 0) is 27.4 Å². The summed E-state index contributed by atoms with van der Waals surface area (Å²) >= 11 is 5.44. The van der Waals surface area contributed by atoms with Gasteiger partial charge in [-0.25, -0.2) is 0 Å². The lowest BCUT2D eigenvalue weighted by Crippen LogP contribution is -2.60.